The van der Waals surface area contributed by atoms with E-state index in [0.717, 1.165) is 36.9 Å². The second-order valence-corrected chi connectivity index (χ2v) is 7.62. The normalized spacial score (nSPS) is 24.3. The number of piperidine rings is 1. The van der Waals surface area contributed by atoms with E-state index in [1.54, 1.807) is 14.2 Å². The Morgan fingerprint density at radius 2 is 1.88 bits per heavy atom. The van der Waals surface area contributed by atoms with Gasteiger partial charge in [-0.05, 0) is 56.7 Å². The number of benzene rings is 1. The van der Waals surface area contributed by atoms with Crippen LogP contribution in [0, 0.1) is 5.92 Å². The first-order valence-electron chi connectivity index (χ1n) is 8.58. The van der Waals surface area contributed by atoms with Crippen molar-refractivity contribution in [3.8, 4) is 11.5 Å². The van der Waals surface area contributed by atoms with Crippen molar-refractivity contribution in [1.29, 1.82) is 0 Å². The third-order valence-electron chi connectivity index (χ3n) is 5.13. The van der Waals surface area contributed by atoms with Crippen LogP contribution in [-0.4, -0.2) is 48.7 Å². The summed E-state index contributed by atoms with van der Waals surface area (Å²) in [6.45, 7) is 5.00. The van der Waals surface area contributed by atoms with Crippen molar-refractivity contribution < 1.29 is 19.4 Å². The van der Waals surface area contributed by atoms with E-state index in [1.165, 1.54) is 0 Å². The van der Waals surface area contributed by atoms with Crippen LogP contribution in [0.4, 0.5) is 0 Å². The number of hydrogen-bond acceptors (Lipinski definition) is 5. The summed E-state index contributed by atoms with van der Waals surface area (Å²) >= 11 is 0. The summed E-state index contributed by atoms with van der Waals surface area (Å²) in [4.78, 5) is 14.9. The zero-order valence-electron chi connectivity index (χ0n) is 15.0. The third kappa shape index (κ3) is 3.28. The highest BCUT2D eigenvalue weighted by Crippen LogP contribution is 2.43. The van der Waals surface area contributed by atoms with Crippen LogP contribution in [0.2, 0.25) is 0 Å². The molecular weight excluding hydrogens is 306 g/mol. The maximum atomic E-state index is 12.6. The van der Waals surface area contributed by atoms with Gasteiger partial charge in [0.25, 0.3) is 0 Å². The molecule has 0 aliphatic carbocycles. The molecule has 0 saturated carbocycles. The van der Waals surface area contributed by atoms with Gasteiger partial charge < -0.3 is 14.6 Å². The van der Waals surface area contributed by atoms with Crippen molar-refractivity contribution in [3.63, 3.8) is 0 Å². The summed E-state index contributed by atoms with van der Waals surface area (Å²) in [5, 5.41) is 10.1. The van der Waals surface area contributed by atoms with Crippen LogP contribution in [0.15, 0.2) is 12.1 Å². The highest BCUT2D eigenvalue weighted by atomic mass is 16.5. The van der Waals surface area contributed by atoms with Crippen LogP contribution in [0.3, 0.4) is 0 Å². The predicted molar refractivity (Wildman–Crippen MR) is 91.8 cm³/mol. The summed E-state index contributed by atoms with van der Waals surface area (Å²) < 4.78 is 10.8. The third-order valence-corrected chi connectivity index (χ3v) is 5.13. The Bertz CT molecular complexity index is 635. The molecule has 1 fully saturated rings. The number of nitrogens with zero attached hydrogens (tertiary/aromatic N) is 1. The molecule has 2 atom stereocenters. The summed E-state index contributed by atoms with van der Waals surface area (Å²) in [5.74, 6) is 1.83. The smallest absolute Gasteiger partial charge is 0.177 e. The van der Waals surface area contributed by atoms with Crippen molar-refractivity contribution in [2.24, 2.45) is 5.92 Å². The zero-order valence-corrected chi connectivity index (χ0v) is 15.0. The SMILES string of the molecule is COc1cc2c(cc1OC)C1CCC(CC(C)(C)O)CN1CC2=O. The maximum Gasteiger partial charge on any atom is 0.177 e. The summed E-state index contributed by atoms with van der Waals surface area (Å²) in [5.41, 5.74) is 1.15. The molecule has 0 amide bonds. The highest BCUT2D eigenvalue weighted by Gasteiger charge is 2.38. The van der Waals surface area contributed by atoms with Crippen LogP contribution in [-0.2, 0) is 0 Å². The number of fused-ring (bicyclic) bond motifs is 3. The summed E-state index contributed by atoms with van der Waals surface area (Å²) in [7, 11) is 3.21. The van der Waals surface area contributed by atoms with E-state index in [4.69, 9.17) is 9.47 Å². The van der Waals surface area contributed by atoms with Crippen LogP contribution in [0.5, 0.6) is 11.5 Å². The Balaban J connectivity index is 1.88. The quantitative estimate of drug-likeness (QED) is 0.918. The first-order valence-corrected chi connectivity index (χ1v) is 8.58. The number of rotatable bonds is 4. The lowest BCUT2D eigenvalue weighted by Gasteiger charge is -2.44. The number of aliphatic hydroxyl groups is 1. The second-order valence-electron chi connectivity index (χ2n) is 7.62. The molecule has 1 aromatic carbocycles. The molecule has 0 radical (unpaired) electrons. The van der Waals surface area contributed by atoms with Crippen LogP contribution >= 0.6 is 0 Å². The van der Waals surface area contributed by atoms with Gasteiger partial charge in [-0.1, -0.05) is 0 Å². The lowest BCUT2D eigenvalue weighted by molar-refractivity contribution is 0.0197. The summed E-state index contributed by atoms with van der Waals surface area (Å²) in [6.07, 6.45) is 2.83. The largest absolute Gasteiger partial charge is 0.493 e. The number of hydrogen-bond donors (Lipinski definition) is 1. The molecule has 2 heterocycles. The predicted octanol–water partition coefficient (Wildman–Crippen LogP) is 2.81. The van der Waals surface area contributed by atoms with E-state index in [1.807, 2.05) is 26.0 Å². The average molecular weight is 333 g/mol. The fraction of sp³-hybridized carbons (Fsp3) is 0.632. The number of methoxy groups -OCH3 is 2. The Labute approximate surface area is 143 Å². The number of Topliss-reactive ketones (excluding diaryl/α,β-unsaturated/α-hetero) is 1. The molecule has 5 heteroatoms. The van der Waals surface area contributed by atoms with E-state index in [0.29, 0.717) is 24.0 Å². The molecule has 2 aliphatic rings. The van der Waals surface area contributed by atoms with Gasteiger partial charge in [0.1, 0.15) is 0 Å². The first kappa shape index (κ1) is 17.2. The number of carbonyl (C=O) groups excluding carboxylic acids is 1. The van der Waals surface area contributed by atoms with Crippen LogP contribution in [0.25, 0.3) is 0 Å². The van der Waals surface area contributed by atoms with Crippen molar-refractivity contribution in [3.05, 3.63) is 23.3 Å². The van der Waals surface area contributed by atoms with Crippen molar-refractivity contribution in [2.75, 3.05) is 27.3 Å². The standard InChI is InChI=1S/C19H27NO4/c1-19(2,22)9-12-5-6-15-13-7-17(23-3)18(24-4)8-14(13)16(21)11-20(15)10-12/h7-8,12,15,22H,5-6,9-11H2,1-4H3. The maximum absolute atomic E-state index is 12.6. The molecule has 0 aromatic heterocycles. The monoisotopic (exact) mass is 333 g/mol. The van der Waals surface area contributed by atoms with Gasteiger partial charge in [0.05, 0.1) is 26.4 Å². The Kier molecular flexibility index (Phi) is 4.58. The van der Waals surface area contributed by atoms with Gasteiger partial charge in [0.2, 0.25) is 0 Å². The van der Waals surface area contributed by atoms with Crippen molar-refractivity contribution >= 4 is 5.78 Å². The minimum absolute atomic E-state index is 0.131. The minimum atomic E-state index is -0.661. The topological polar surface area (TPSA) is 59.0 Å². The fourth-order valence-electron chi connectivity index (χ4n) is 4.21. The van der Waals surface area contributed by atoms with Gasteiger partial charge >= 0.3 is 0 Å². The molecule has 1 N–H and O–H groups in total. The Morgan fingerprint density at radius 3 is 2.50 bits per heavy atom. The fourth-order valence-corrected chi connectivity index (χ4v) is 4.21. The van der Waals surface area contributed by atoms with Crippen molar-refractivity contribution in [2.45, 2.75) is 44.8 Å². The van der Waals surface area contributed by atoms with Gasteiger partial charge in [-0.25, -0.2) is 0 Å². The molecule has 1 aromatic rings. The molecule has 0 spiro atoms. The number of ether oxygens (including phenoxy) is 2. The molecule has 1 saturated heterocycles. The Hall–Kier alpha value is -1.59. The summed E-state index contributed by atoms with van der Waals surface area (Å²) in [6, 6.07) is 4.02. The van der Waals surface area contributed by atoms with Gasteiger partial charge in [0, 0.05) is 18.2 Å². The van der Waals surface area contributed by atoms with Gasteiger partial charge in [-0.15, -0.1) is 0 Å². The van der Waals surface area contributed by atoms with Gasteiger partial charge in [-0.2, -0.15) is 0 Å². The molecule has 132 valence electrons. The second kappa shape index (κ2) is 6.37. The zero-order chi connectivity index (χ0) is 17.5. The highest BCUT2D eigenvalue weighted by molar-refractivity contribution is 6.01. The van der Waals surface area contributed by atoms with Gasteiger partial charge in [0.15, 0.2) is 17.3 Å². The number of ketones is 1. The minimum Gasteiger partial charge on any atom is -0.493 e. The number of carbonyl (C=O) groups is 1. The molecular formula is C19H27NO4. The van der Waals surface area contributed by atoms with Crippen molar-refractivity contribution in [1.82, 2.24) is 4.90 Å². The van der Waals surface area contributed by atoms with E-state index in [-0.39, 0.29) is 11.8 Å². The van der Waals surface area contributed by atoms with Crippen LogP contribution < -0.4 is 9.47 Å². The average Bonchev–Trinajstić information content (AvgIpc) is 2.52. The molecule has 0 bridgehead atoms. The van der Waals surface area contributed by atoms with E-state index < -0.39 is 5.60 Å². The molecule has 5 nitrogen and oxygen atoms in total. The molecule has 3 rings (SSSR count). The van der Waals surface area contributed by atoms with E-state index in [9.17, 15) is 9.90 Å². The van der Waals surface area contributed by atoms with E-state index in [2.05, 4.69) is 4.90 Å². The first-order chi connectivity index (χ1) is 11.3. The lowest BCUT2D eigenvalue weighted by atomic mass is 9.80. The molecule has 2 unspecified atom stereocenters. The lowest BCUT2D eigenvalue weighted by Crippen LogP contribution is -2.46. The van der Waals surface area contributed by atoms with Crippen LogP contribution in [0.1, 0.15) is 55.1 Å². The Morgan fingerprint density at radius 1 is 1.21 bits per heavy atom. The van der Waals surface area contributed by atoms with E-state index >= 15 is 0 Å². The molecule has 2 aliphatic heterocycles. The van der Waals surface area contributed by atoms with Gasteiger partial charge in [-0.3, -0.25) is 9.69 Å². The molecule has 24 heavy (non-hydrogen) atoms.